The summed E-state index contributed by atoms with van der Waals surface area (Å²) in [6, 6.07) is 9.16. The summed E-state index contributed by atoms with van der Waals surface area (Å²) in [5.74, 6) is 1.08. The molecule has 7 heteroatoms. The fourth-order valence-corrected chi connectivity index (χ4v) is 4.30. The predicted octanol–water partition coefficient (Wildman–Crippen LogP) is 1.75. The number of benzene rings is 1. The van der Waals surface area contributed by atoms with E-state index < -0.39 is 0 Å². The second-order valence-corrected chi connectivity index (χ2v) is 9.24. The van der Waals surface area contributed by atoms with Crippen molar-refractivity contribution in [3.63, 3.8) is 0 Å². The summed E-state index contributed by atoms with van der Waals surface area (Å²) in [7, 11) is 4.00. The lowest BCUT2D eigenvalue weighted by molar-refractivity contribution is -0.133. The van der Waals surface area contributed by atoms with Gasteiger partial charge >= 0.3 is 0 Å². The minimum absolute atomic E-state index is 0.0554. The van der Waals surface area contributed by atoms with Crippen molar-refractivity contribution < 1.29 is 4.79 Å². The molecule has 0 bridgehead atoms. The number of rotatable bonds is 6. The third-order valence-electron chi connectivity index (χ3n) is 6.26. The Morgan fingerprint density at radius 2 is 1.84 bits per heavy atom. The molecule has 2 heterocycles. The molecule has 2 saturated heterocycles. The van der Waals surface area contributed by atoms with Gasteiger partial charge in [-0.2, -0.15) is 0 Å². The monoisotopic (exact) mass is 428 g/mol. The molecule has 0 saturated carbocycles. The van der Waals surface area contributed by atoms with E-state index in [1.54, 1.807) is 7.05 Å². The van der Waals surface area contributed by atoms with E-state index in [0.717, 1.165) is 51.6 Å². The molecule has 7 nitrogen and oxygen atoms in total. The number of carbonyl (C=O) groups is 1. The highest BCUT2D eigenvalue weighted by molar-refractivity contribution is 5.81. The van der Waals surface area contributed by atoms with Gasteiger partial charge in [0.15, 0.2) is 5.96 Å². The zero-order valence-corrected chi connectivity index (χ0v) is 19.7. The van der Waals surface area contributed by atoms with E-state index in [-0.39, 0.29) is 17.9 Å². The van der Waals surface area contributed by atoms with Gasteiger partial charge in [0.25, 0.3) is 0 Å². The van der Waals surface area contributed by atoms with Crippen LogP contribution in [0.1, 0.15) is 37.8 Å². The number of nitrogens with one attached hydrogen (secondary N) is 2. The number of hydrogen-bond acceptors (Lipinski definition) is 4. The van der Waals surface area contributed by atoms with Gasteiger partial charge in [0.05, 0.1) is 0 Å². The molecule has 0 aliphatic carbocycles. The maximum absolute atomic E-state index is 12.2. The van der Waals surface area contributed by atoms with Crippen molar-refractivity contribution in [1.29, 1.82) is 0 Å². The smallest absolute Gasteiger partial charge is 0.225 e. The predicted molar refractivity (Wildman–Crippen MR) is 127 cm³/mol. The van der Waals surface area contributed by atoms with E-state index in [1.165, 1.54) is 30.6 Å². The van der Waals surface area contributed by atoms with Crippen LogP contribution in [0.15, 0.2) is 29.3 Å². The van der Waals surface area contributed by atoms with Crippen molar-refractivity contribution in [1.82, 2.24) is 25.3 Å². The van der Waals surface area contributed by atoms with Crippen LogP contribution in [0, 0.1) is 5.92 Å². The van der Waals surface area contributed by atoms with Crippen molar-refractivity contribution in [3.8, 4) is 0 Å². The fraction of sp³-hybridized carbons (Fsp3) is 0.667. The number of likely N-dealkylation sites (tertiary alicyclic amines) is 1. The van der Waals surface area contributed by atoms with Gasteiger partial charge in [-0.15, -0.1) is 0 Å². The van der Waals surface area contributed by atoms with Crippen LogP contribution in [0.5, 0.6) is 0 Å². The maximum Gasteiger partial charge on any atom is 0.225 e. The number of carbonyl (C=O) groups excluding carboxylic acids is 1. The summed E-state index contributed by atoms with van der Waals surface area (Å²) >= 11 is 0. The van der Waals surface area contributed by atoms with E-state index in [0.29, 0.717) is 0 Å². The molecule has 1 amide bonds. The molecule has 0 aromatic heterocycles. The third kappa shape index (κ3) is 7.21. The Morgan fingerprint density at radius 3 is 2.55 bits per heavy atom. The molecular formula is C24H40N6O. The molecule has 2 N–H and O–H groups in total. The molecule has 1 aromatic rings. The van der Waals surface area contributed by atoms with Crippen molar-refractivity contribution >= 4 is 11.9 Å². The Labute approximate surface area is 187 Å². The normalized spacial score (nSPS) is 21.4. The average molecular weight is 429 g/mol. The van der Waals surface area contributed by atoms with Crippen LogP contribution < -0.4 is 10.6 Å². The van der Waals surface area contributed by atoms with Gasteiger partial charge in [0.1, 0.15) is 0 Å². The molecule has 0 spiro atoms. The Balaban J connectivity index is 1.43. The minimum Gasteiger partial charge on any atom is -0.352 e. The van der Waals surface area contributed by atoms with E-state index >= 15 is 0 Å². The highest BCUT2D eigenvalue weighted by Crippen LogP contribution is 2.13. The lowest BCUT2D eigenvalue weighted by Crippen LogP contribution is -2.45. The highest BCUT2D eigenvalue weighted by atomic mass is 16.2. The summed E-state index contributed by atoms with van der Waals surface area (Å²) in [4.78, 5) is 23.5. The van der Waals surface area contributed by atoms with Crippen LogP contribution in [-0.4, -0.2) is 86.0 Å². The van der Waals surface area contributed by atoms with Crippen LogP contribution in [0.3, 0.4) is 0 Å². The van der Waals surface area contributed by atoms with E-state index in [1.807, 2.05) is 18.7 Å². The Bertz CT molecular complexity index is 732. The first-order chi connectivity index (χ1) is 14.9. The topological polar surface area (TPSA) is 63.2 Å². The fourth-order valence-electron chi connectivity index (χ4n) is 4.30. The van der Waals surface area contributed by atoms with Gasteiger partial charge < -0.3 is 20.4 Å². The van der Waals surface area contributed by atoms with E-state index in [4.69, 9.17) is 0 Å². The molecule has 2 aliphatic rings. The number of hydrogen-bond donors (Lipinski definition) is 2. The number of likely N-dealkylation sites (N-methyl/N-ethyl adjacent to an activating group) is 1. The Hall–Kier alpha value is -2.12. The van der Waals surface area contributed by atoms with Gasteiger partial charge in [-0.25, -0.2) is 0 Å². The van der Waals surface area contributed by atoms with Gasteiger partial charge in [-0.05, 0) is 44.1 Å². The summed E-state index contributed by atoms with van der Waals surface area (Å²) in [6.07, 6.45) is 2.20. The highest BCUT2D eigenvalue weighted by Gasteiger charge is 2.27. The number of aliphatic imine (C=N–C) groups is 1. The first-order valence-corrected chi connectivity index (χ1v) is 11.7. The molecule has 2 fully saturated rings. The first kappa shape index (κ1) is 23.5. The lowest BCUT2D eigenvalue weighted by Gasteiger charge is -2.21. The number of guanidine groups is 1. The van der Waals surface area contributed by atoms with Crippen LogP contribution in [0.25, 0.3) is 0 Å². The number of nitrogens with zero attached hydrogens (tertiary/aromatic N) is 4. The van der Waals surface area contributed by atoms with Crippen LogP contribution in [0.4, 0.5) is 0 Å². The van der Waals surface area contributed by atoms with E-state index in [2.05, 4.69) is 56.7 Å². The zero-order chi connectivity index (χ0) is 22.2. The Kier molecular flexibility index (Phi) is 8.72. The third-order valence-corrected chi connectivity index (χ3v) is 6.26. The van der Waals surface area contributed by atoms with E-state index in [9.17, 15) is 4.79 Å². The quantitative estimate of drug-likeness (QED) is 0.534. The molecule has 31 heavy (non-hydrogen) atoms. The Morgan fingerprint density at radius 1 is 1.10 bits per heavy atom. The van der Waals surface area contributed by atoms with Crippen LogP contribution in [-0.2, 0) is 17.9 Å². The van der Waals surface area contributed by atoms with Crippen molar-refractivity contribution in [2.45, 2.75) is 45.8 Å². The van der Waals surface area contributed by atoms with Gasteiger partial charge in [-0.3, -0.25) is 14.7 Å². The minimum atomic E-state index is 0.0554. The largest absolute Gasteiger partial charge is 0.352 e. The second kappa shape index (κ2) is 11.5. The maximum atomic E-state index is 12.2. The number of amides is 1. The summed E-state index contributed by atoms with van der Waals surface area (Å²) in [6.45, 7) is 11.9. The lowest BCUT2D eigenvalue weighted by atomic mass is 10.1. The molecule has 3 rings (SSSR count). The van der Waals surface area contributed by atoms with Crippen molar-refractivity contribution in [2.24, 2.45) is 10.9 Å². The second-order valence-electron chi connectivity index (χ2n) is 9.24. The SMILES string of the molecule is CN=C(NCc1ccc(CN2CCCN(C)CC2)cc1)NC1CCN(C(=O)C(C)C)C1. The molecule has 0 radical (unpaired) electrons. The molecule has 1 atom stereocenters. The summed E-state index contributed by atoms with van der Waals surface area (Å²) < 4.78 is 0. The van der Waals surface area contributed by atoms with Crippen molar-refractivity contribution in [2.75, 3.05) is 53.4 Å². The zero-order valence-electron chi connectivity index (χ0n) is 19.7. The summed E-state index contributed by atoms with van der Waals surface area (Å²) in [5.41, 5.74) is 2.61. The first-order valence-electron chi connectivity index (χ1n) is 11.7. The van der Waals surface area contributed by atoms with Crippen LogP contribution in [0.2, 0.25) is 0 Å². The molecule has 172 valence electrons. The van der Waals surface area contributed by atoms with Crippen molar-refractivity contribution in [3.05, 3.63) is 35.4 Å². The molecular weight excluding hydrogens is 388 g/mol. The standard InChI is InChI=1S/C24H40N6O/c1-19(2)23(31)30-13-10-22(18-30)27-24(25-3)26-16-20-6-8-21(9-7-20)17-29-12-5-11-28(4)14-15-29/h6-9,19,22H,5,10-18H2,1-4H3,(H2,25,26,27). The van der Waals surface area contributed by atoms with Crippen LogP contribution >= 0.6 is 0 Å². The van der Waals surface area contributed by atoms with Gasteiger partial charge in [0.2, 0.25) is 5.91 Å². The summed E-state index contributed by atoms with van der Waals surface area (Å²) in [5, 5.41) is 6.88. The molecule has 1 aromatic carbocycles. The molecule has 2 aliphatic heterocycles. The van der Waals surface area contributed by atoms with Gasteiger partial charge in [-0.1, -0.05) is 38.1 Å². The van der Waals surface area contributed by atoms with Gasteiger partial charge in [0, 0.05) is 58.3 Å². The molecule has 1 unspecified atom stereocenters. The average Bonchev–Trinajstić information content (AvgIpc) is 3.13.